The minimum atomic E-state index is -0.368. The van der Waals surface area contributed by atoms with Crippen LogP contribution in [0.1, 0.15) is 18.4 Å². The molecule has 0 spiro atoms. The van der Waals surface area contributed by atoms with Gasteiger partial charge in [0.25, 0.3) is 0 Å². The van der Waals surface area contributed by atoms with Crippen molar-refractivity contribution in [1.82, 2.24) is 14.9 Å². The van der Waals surface area contributed by atoms with E-state index in [-0.39, 0.29) is 12.0 Å². The molecule has 1 atom stereocenters. The predicted molar refractivity (Wildman–Crippen MR) is 71.6 cm³/mol. The van der Waals surface area contributed by atoms with E-state index >= 15 is 0 Å². The van der Waals surface area contributed by atoms with Crippen LogP contribution in [0.3, 0.4) is 0 Å². The number of amides is 1. The number of nitrogens with one attached hydrogen (secondary N) is 1. The lowest BCUT2D eigenvalue weighted by molar-refractivity contribution is -0.133. The number of H-pyrrole nitrogens is 1. The van der Waals surface area contributed by atoms with E-state index in [0.717, 1.165) is 36.0 Å². The maximum Gasteiger partial charge on any atom is 0.227 e. The van der Waals surface area contributed by atoms with Gasteiger partial charge in [0.15, 0.2) is 0 Å². The molecule has 3 rings (SSSR count). The van der Waals surface area contributed by atoms with E-state index in [1.54, 1.807) is 11.2 Å². The van der Waals surface area contributed by atoms with Gasteiger partial charge in [0.05, 0.1) is 29.9 Å². The molecule has 2 heterocycles. The molecule has 5 nitrogen and oxygen atoms in total. The second kappa shape index (κ2) is 5.01. The third-order valence-corrected chi connectivity index (χ3v) is 3.59. The number of hydrogen-bond donors (Lipinski definition) is 2. The van der Waals surface area contributed by atoms with Crippen molar-refractivity contribution in [3.05, 3.63) is 30.1 Å². The summed E-state index contributed by atoms with van der Waals surface area (Å²) in [5, 5.41) is 9.60. The highest BCUT2D eigenvalue weighted by molar-refractivity contribution is 5.81. The van der Waals surface area contributed by atoms with Crippen LogP contribution in [-0.4, -0.2) is 45.1 Å². The Morgan fingerprint density at radius 1 is 1.53 bits per heavy atom. The van der Waals surface area contributed by atoms with Gasteiger partial charge < -0.3 is 15.0 Å². The molecule has 100 valence electrons. The molecule has 0 saturated carbocycles. The second-order valence-corrected chi connectivity index (χ2v) is 5.07. The lowest BCUT2D eigenvalue weighted by atomic mass is 10.1. The van der Waals surface area contributed by atoms with Crippen molar-refractivity contribution >= 4 is 16.9 Å². The highest BCUT2D eigenvalue weighted by Gasteiger charge is 2.21. The van der Waals surface area contributed by atoms with Crippen LogP contribution in [0, 0.1) is 0 Å². The SMILES string of the molecule is O=C(Cc1ccc2nc[nH]c2c1)N1CCCC(O)C1. The lowest BCUT2D eigenvalue weighted by Gasteiger charge is -2.30. The number of aliphatic hydroxyl groups is 1. The molecule has 2 N–H and O–H groups in total. The Hall–Kier alpha value is -1.88. The van der Waals surface area contributed by atoms with Gasteiger partial charge in [0.2, 0.25) is 5.91 Å². The fourth-order valence-electron chi connectivity index (χ4n) is 2.56. The predicted octanol–water partition coefficient (Wildman–Crippen LogP) is 1.09. The van der Waals surface area contributed by atoms with Crippen LogP contribution in [0.4, 0.5) is 0 Å². The fourth-order valence-corrected chi connectivity index (χ4v) is 2.56. The van der Waals surface area contributed by atoms with E-state index in [9.17, 15) is 9.90 Å². The maximum absolute atomic E-state index is 12.2. The van der Waals surface area contributed by atoms with Gasteiger partial charge >= 0.3 is 0 Å². The van der Waals surface area contributed by atoms with E-state index in [4.69, 9.17) is 0 Å². The maximum atomic E-state index is 12.2. The average Bonchev–Trinajstić information content (AvgIpc) is 2.86. The van der Waals surface area contributed by atoms with Gasteiger partial charge in [-0.1, -0.05) is 6.07 Å². The summed E-state index contributed by atoms with van der Waals surface area (Å²) in [6.07, 6.45) is 3.34. The molecule has 5 heteroatoms. The zero-order valence-corrected chi connectivity index (χ0v) is 10.7. The number of aromatic nitrogens is 2. The Labute approximate surface area is 111 Å². The largest absolute Gasteiger partial charge is 0.391 e. The highest BCUT2D eigenvalue weighted by atomic mass is 16.3. The second-order valence-electron chi connectivity index (χ2n) is 5.07. The van der Waals surface area contributed by atoms with E-state index in [2.05, 4.69) is 9.97 Å². The summed E-state index contributed by atoms with van der Waals surface area (Å²) >= 11 is 0. The first-order chi connectivity index (χ1) is 9.22. The lowest BCUT2D eigenvalue weighted by Crippen LogP contribution is -2.42. The number of rotatable bonds is 2. The summed E-state index contributed by atoms with van der Waals surface area (Å²) < 4.78 is 0. The van der Waals surface area contributed by atoms with Crippen molar-refractivity contribution in [3.63, 3.8) is 0 Å². The molecular formula is C14H17N3O2. The minimum Gasteiger partial charge on any atom is -0.391 e. The van der Waals surface area contributed by atoms with Crippen LogP contribution in [0.5, 0.6) is 0 Å². The molecule has 1 fully saturated rings. The van der Waals surface area contributed by atoms with Crippen LogP contribution < -0.4 is 0 Å². The minimum absolute atomic E-state index is 0.0811. The number of carbonyl (C=O) groups excluding carboxylic acids is 1. The first-order valence-electron chi connectivity index (χ1n) is 6.60. The van der Waals surface area contributed by atoms with Crippen LogP contribution in [0.2, 0.25) is 0 Å². The molecule has 19 heavy (non-hydrogen) atoms. The average molecular weight is 259 g/mol. The van der Waals surface area contributed by atoms with E-state index < -0.39 is 0 Å². The first kappa shape index (κ1) is 12.2. The fraction of sp³-hybridized carbons (Fsp3) is 0.429. The third-order valence-electron chi connectivity index (χ3n) is 3.59. The molecule has 0 aliphatic carbocycles. The van der Waals surface area contributed by atoms with Crippen LogP contribution in [0.15, 0.2) is 24.5 Å². The standard InChI is InChI=1S/C14H17N3O2/c18-11-2-1-5-17(8-11)14(19)7-10-3-4-12-13(6-10)16-9-15-12/h3-4,6,9,11,18H,1-2,5,7-8H2,(H,15,16). The number of imidazole rings is 1. The molecule has 1 unspecified atom stereocenters. The summed E-state index contributed by atoms with van der Waals surface area (Å²) in [7, 11) is 0. The summed E-state index contributed by atoms with van der Waals surface area (Å²) in [6, 6.07) is 5.81. The molecule has 1 saturated heterocycles. The first-order valence-corrected chi connectivity index (χ1v) is 6.60. The molecule has 1 aromatic heterocycles. The monoisotopic (exact) mass is 259 g/mol. The molecule has 0 bridgehead atoms. The number of hydrogen-bond acceptors (Lipinski definition) is 3. The van der Waals surface area contributed by atoms with Crippen LogP contribution in [0.25, 0.3) is 11.0 Å². The van der Waals surface area contributed by atoms with E-state index in [1.807, 2.05) is 18.2 Å². The summed E-state index contributed by atoms with van der Waals surface area (Å²) in [6.45, 7) is 1.22. The molecule has 1 aliphatic rings. The van der Waals surface area contributed by atoms with Crippen molar-refractivity contribution in [3.8, 4) is 0 Å². The Morgan fingerprint density at radius 3 is 3.26 bits per heavy atom. The molecule has 2 aromatic rings. The zero-order chi connectivity index (χ0) is 13.2. The summed E-state index contributed by atoms with van der Waals surface area (Å²) in [5.74, 6) is 0.0811. The smallest absolute Gasteiger partial charge is 0.227 e. The molecule has 0 radical (unpaired) electrons. The Bertz CT molecular complexity index is 593. The van der Waals surface area contributed by atoms with Crippen molar-refractivity contribution < 1.29 is 9.90 Å². The number of β-amino-alcohol motifs (C(OH)–C–C–N with tert-alkyl or cyclic N) is 1. The Morgan fingerprint density at radius 2 is 2.42 bits per heavy atom. The normalized spacial score (nSPS) is 19.8. The van der Waals surface area contributed by atoms with Gasteiger partial charge in [-0.3, -0.25) is 4.79 Å². The number of aromatic amines is 1. The van der Waals surface area contributed by atoms with Gasteiger partial charge in [0.1, 0.15) is 0 Å². The number of carbonyl (C=O) groups is 1. The number of benzene rings is 1. The molecular weight excluding hydrogens is 242 g/mol. The van der Waals surface area contributed by atoms with Gasteiger partial charge in [-0.25, -0.2) is 4.98 Å². The van der Waals surface area contributed by atoms with Crippen LogP contribution >= 0.6 is 0 Å². The number of aliphatic hydroxyl groups excluding tert-OH is 1. The van der Waals surface area contributed by atoms with Gasteiger partial charge in [-0.15, -0.1) is 0 Å². The van der Waals surface area contributed by atoms with Crippen LogP contribution in [-0.2, 0) is 11.2 Å². The number of piperidine rings is 1. The number of likely N-dealkylation sites (tertiary alicyclic amines) is 1. The summed E-state index contributed by atoms with van der Waals surface area (Å²) in [5.41, 5.74) is 2.83. The summed E-state index contributed by atoms with van der Waals surface area (Å²) in [4.78, 5) is 21.1. The van der Waals surface area contributed by atoms with Gasteiger partial charge in [-0.05, 0) is 30.5 Å². The Kier molecular flexibility index (Phi) is 3.21. The van der Waals surface area contributed by atoms with Crippen molar-refractivity contribution in [1.29, 1.82) is 0 Å². The highest BCUT2D eigenvalue weighted by Crippen LogP contribution is 2.15. The topological polar surface area (TPSA) is 69.2 Å². The quantitative estimate of drug-likeness (QED) is 0.848. The van der Waals surface area contributed by atoms with E-state index in [1.165, 1.54) is 0 Å². The number of fused-ring (bicyclic) bond motifs is 1. The molecule has 1 aliphatic heterocycles. The van der Waals surface area contributed by atoms with Crippen molar-refractivity contribution in [2.75, 3.05) is 13.1 Å². The van der Waals surface area contributed by atoms with E-state index in [0.29, 0.717) is 13.0 Å². The third kappa shape index (κ3) is 2.61. The van der Waals surface area contributed by atoms with Crippen molar-refractivity contribution in [2.45, 2.75) is 25.4 Å². The van der Waals surface area contributed by atoms with Gasteiger partial charge in [-0.2, -0.15) is 0 Å². The molecule has 1 aromatic carbocycles. The number of nitrogens with zero attached hydrogens (tertiary/aromatic N) is 2. The molecule has 1 amide bonds. The Balaban J connectivity index is 1.71. The van der Waals surface area contributed by atoms with Gasteiger partial charge in [0, 0.05) is 13.1 Å². The van der Waals surface area contributed by atoms with Crippen molar-refractivity contribution in [2.24, 2.45) is 0 Å². The zero-order valence-electron chi connectivity index (χ0n) is 10.7.